The molecule has 2 aromatic carbocycles. The number of aliphatic hydroxyl groups excluding tert-OH is 1. The average molecular weight is 488 g/mol. The van der Waals surface area contributed by atoms with E-state index in [0.717, 1.165) is 44.0 Å². The van der Waals surface area contributed by atoms with Gasteiger partial charge in [0, 0.05) is 26.2 Å². The van der Waals surface area contributed by atoms with Crippen LogP contribution in [-0.2, 0) is 16.1 Å². The van der Waals surface area contributed by atoms with E-state index >= 15 is 0 Å². The number of para-hydroxylation sites is 1. The van der Waals surface area contributed by atoms with Crippen LogP contribution in [0.2, 0.25) is 0 Å². The SMILES string of the molecule is CCCCN1C(=O)[C@H](CO)NC(=O)C12CCN(Cc1ccc(Oc3ccccc3)cc1)CC2.Cl. The summed E-state index contributed by atoms with van der Waals surface area (Å²) in [5.41, 5.74) is 0.376. The van der Waals surface area contributed by atoms with Crippen LogP contribution >= 0.6 is 12.4 Å². The predicted octanol–water partition coefficient (Wildman–Crippen LogP) is 3.35. The summed E-state index contributed by atoms with van der Waals surface area (Å²) in [7, 11) is 0. The molecule has 0 radical (unpaired) electrons. The highest BCUT2D eigenvalue weighted by Crippen LogP contribution is 2.34. The second-order valence-electron chi connectivity index (χ2n) is 8.92. The number of likely N-dealkylation sites (tertiary alicyclic amines) is 1. The molecule has 0 aliphatic carbocycles. The van der Waals surface area contributed by atoms with Crippen molar-refractivity contribution in [3.05, 3.63) is 60.2 Å². The van der Waals surface area contributed by atoms with Gasteiger partial charge in [0.05, 0.1) is 6.61 Å². The fraction of sp³-hybridized carbons (Fsp3) is 0.462. The van der Waals surface area contributed by atoms with E-state index in [1.165, 1.54) is 5.56 Å². The quantitative estimate of drug-likeness (QED) is 0.596. The summed E-state index contributed by atoms with van der Waals surface area (Å²) >= 11 is 0. The van der Waals surface area contributed by atoms with E-state index in [1.807, 2.05) is 42.5 Å². The number of carbonyl (C=O) groups excluding carboxylic acids is 2. The van der Waals surface area contributed by atoms with Crippen LogP contribution in [0.1, 0.15) is 38.2 Å². The number of nitrogens with one attached hydrogen (secondary N) is 1. The molecule has 2 amide bonds. The number of halogens is 1. The number of piperidine rings is 1. The zero-order valence-electron chi connectivity index (χ0n) is 19.6. The number of piperazine rings is 1. The van der Waals surface area contributed by atoms with Crippen LogP contribution in [0.15, 0.2) is 54.6 Å². The van der Waals surface area contributed by atoms with Gasteiger partial charge in [0.2, 0.25) is 11.8 Å². The van der Waals surface area contributed by atoms with Crippen LogP contribution in [0.3, 0.4) is 0 Å². The van der Waals surface area contributed by atoms with Gasteiger partial charge in [-0.05, 0) is 49.1 Å². The highest BCUT2D eigenvalue weighted by atomic mass is 35.5. The Morgan fingerprint density at radius 2 is 1.68 bits per heavy atom. The number of unbranched alkanes of at least 4 members (excludes halogenated alkanes) is 1. The van der Waals surface area contributed by atoms with Crippen molar-refractivity contribution in [2.75, 3.05) is 26.2 Å². The van der Waals surface area contributed by atoms with Crippen molar-refractivity contribution in [3.63, 3.8) is 0 Å². The van der Waals surface area contributed by atoms with E-state index in [1.54, 1.807) is 4.90 Å². The number of aliphatic hydroxyl groups is 1. The average Bonchev–Trinajstić information content (AvgIpc) is 2.84. The molecule has 7 nitrogen and oxygen atoms in total. The first-order valence-corrected chi connectivity index (χ1v) is 11.8. The van der Waals surface area contributed by atoms with E-state index in [4.69, 9.17) is 4.74 Å². The second kappa shape index (κ2) is 11.7. The summed E-state index contributed by atoms with van der Waals surface area (Å²) in [5.74, 6) is 1.32. The van der Waals surface area contributed by atoms with Gasteiger partial charge in [0.25, 0.3) is 0 Å². The minimum Gasteiger partial charge on any atom is -0.457 e. The molecule has 2 aliphatic heterocycles. The van der Waals surface area contributed by atoms with Crippen molar-refractivity contribution in [1.29, 1.82) is 0 Å². The predicted molar refractivity (Wildman–Crippen MR) is 133 cm³/mol. The molecule has 1 atom stereocenters. The molecule has 8 heteroatoms. The van der Waals surface area contributed by atoms with E-state index in [0.29, 0.717) is 19.4 Å². The van der Waals surface area contributed by atoms with E-state index in [2.05, 4.69) is 29.3 Å². The Morgan fingerprint density at radius 1 is 1.03 bits per heavy atom. The third-order valence-electron chi connectivity index (χ3n) is 6.72. The molecule has 0 unspecified atom stereocenters. The summed E-state index contributed by atoms with van der Waals surface area (Å²) < 4.78 is 5.87. The fourth-order valence-electron chi connectivity index (χ4n) is 4.76. The Morgan fingerprint density at radius 3 is 2.29 bits per heavy atom. The molecule has 4 rings (SSSR count). The molecule has 2 fully saturated rings. The van der Waals surface area contributed by atoms with Gasteiger partial charge in [-0.3, -0.25) is 14.5 Å². The molecule has 1 spiro atoms. The number of rotatable bonds is 8. The Balaban J connectivity index is 0.00000324. The van der Waals surface area contributed by atoms with E-state index < -0.39 is 11.6 Å². The van der Waals surface area contributed by atoms with E-state index in [9.17, 15) is 14.7 Å². The molecule has 2 heterocycles. The van der Waals surface area contributed by atoms with Gasteiger partial charge >= 0.3 is 0 Å². The lowest BCUT2D eigenvalue weighted by molar-refractivity contribution is -0.162. The minimum atomic E-state index is -0.824. The molecule has 0 saturated carbocycles. The molecule has 2 saturated heterocycles. The van der Waals surface area contributed by atoms with Crippen molar-refractivity contribution >= 4 is 24.2 Å². The Kier molecular flexibility index (Phi) is 8.94. The molecule has 184 valence electrons. The maximum atomic E-state index is 13.1. The second-order valence-corrected chi connectivity index (χ2v) is 8.92. The monoisotopic (exact) mass is 487 g/mol. The van der Waals surface area contributed by atoms with Gasteiger partial charge in [-0.25, -0.2) is 0 Å². The largest absolute Gasteiger partial charge is 0.457 e. The summed E-state index contributed by atoms with van der Waals surface area (Å²) in [4.78, 5) is 30.1. The lowest BCUT2D eigenvalue weighted by Crippen LogP contribution is -2.73. The van der Waals surface area contributed by atoms with Crippen LogP contribution in [-0.4, -0.2) is 64.5 Å². The zero-order valence-corrected chi connectivity index (χ0v) is 20.4. The molecule has 34 heavy (non-hydrogen) atoms. The first-order chi connectivity index (χ1) is 16.1. The molecule has 0 aromatic heterocycles. The van der Waals surface area contributed by atoms with Crippen molar-refractivity contribution < 1.29 is 19.4 Å². The highest BCUT2D eigenvalue weighted by Gasteiger charge is 2.53. The lowest BCUT2D eigenvalue weighted by Gasteiger charge is -2.51. The van der Waals surface area contributed by atoms with Gasteiger partial charge in [-0.15, -0.1) is 12.4 Å². The van der Waals surface area contributed by atoms with Crippen molar-refractivity contribution in [2.24, 2.45) is 0 Å². The smallest absolute Gasteiger partial charge is 0.248 e. The number of nitrogens with zero attached hydrogens (tertiary/aromatic N) is 2. The molecule has 2 aromatic rings. The van der Waals surface area contributed by atoms with Gasteiger partial charge in [-0.2, -0.15) is 0 Å². The number of carbonyl (C=O) groups is 2. The van der Waals surface area contributed by atoms with Crippen LogP contribution in [0, 0.1) is 0 Å². The number of amides is 2. The van der Waals surface area contributed by atoms with E-state index in [-0.39, 0.29) is 30.8 Å². The van der Waals surface area contributed by atoms with Crippen molar-refractivity contribution in [3.8, 4) is 11.5 Å². The maximum absolute atomic E-state index is 13.1. The Hall–Kier alpha value is -2.61. The summed E-state index contributed by atoms with van der Waals surface area (Å²) in [6, 6.07) is 17.0. The zero-order chi connectivity index (χ0) is 23.3. The fourth-order valence-corrected chi connectivity index (χ4v) is 4.76. The first-order valence-electron chi connectivity index (χ1n) is 11.8. The van der Waals surface area contributed by atoms with Crippen LogP contribution in [0.25, 0.3) is 0 Å². The minimum absolute atomic E-state index is 0. The number of hydrogen-bond acceptors (Lipinski definition) is 5. The lowest BCUT2D eigenvalue weighted by atomic mass is 9.81. The standard InChI is InChI=1S/C26H33N3O4.ClH/c1-2-3-15-29-24(31)23(19-30)27-25(32)26(29)13-16-28(17-14-26)18-20-9-11-22(12-10-20)33-21-7-5-4-6-8-21;/h4-12,23,30H,2-3,13-19H2,1H3,(H,27,32);1H/t23-;/m0./s1. The number of hydrogen-bond donors (Lipinski definition) is 2. The van der Waals surface area contributed by atoms with Crippen LogP contribution in [0.4, 0.5) is 0 Å². The van der Waals surface area contributed by atoms with Crippen LogP contribution in [0.5, 0.6) is 11.5 Å². The summed E-state index contributed by atoms with van der Waals surface area (Å²) in [5, 5.41) is 12.3. The first kappa shape index (κ1) is 26.0. The normalized spacial score (nSPS) is 20.1. The molecule has 2 N–H and O–H groups in total. The van der Waals surface area contributed by atoms with Crippen molar-refractivity contribution in [2.45, 2.75) is 50.7 Å². The topological polar surface area (TPSA) is 82.1 Å². The molecular formula is C26H34ClN3O4. The molecule has 2 aliphatic rings. The van der Waals surface area contributed by atoms with Gasteiger partial charge in [0.1, 0.15) is 23.1 Å². The molecular weight excluding hydrogens is 454 g/mol. The number of ether oxygens (including phenoxy) is 1. The maximum Gasteiger partial charge on any atom is 0.248 e. The third-order valence-corrected chi connectivity index (χ3v) is 6.72. The summed E-state index contributed by atoms with van der Waals surface area (Å²) in [6.07, 6.45) is 2.99. The van der Waals surface area contributed by atoms with Crippen molar-refractivity contribution in [1.82, 2.24) is 15.1 Å². The third kappa shape index (κ3) is 5.54. The summed E-state index contributed by atoms with van der Waals surface area (Å²) in [6.45, 7) is 4.52. The highest BCUT2D eigenvalue weighted by molar-refractivity contribution is 6.00. The van der Waals surface area contributed by atoms with Gasteiger partial charge < -0.3 is 20.1 Å². The van der Waals surface area contributed by atoms with Gasteiger partial charge in [-0.1, -0.05) is 43.7 Å². The van der Waals surface area contributed by atoms with Gasteiger partial charge in [0.15, 0.2) is 0 Å². The number of benzene rings is 2. The Bertz CT molecular complexity index is 946. The van der Waals surface area contributed by atoms with Crippen LogP contribution < -0.4 is 10.1 Å². The molecule has 0 bridgehead atoms. The Labute approximate surface area is 207 Å².